The molecule has 494 valence electrons. The summed E-state index contributed by atoms with van der Waals surface area (Å²) in [5.74, 6) is -0.913. The summed E-state index contributed by atoms with van der Waals surface area (Å²) < 4.78 is 106. The molecule has 0 saturated carbocycles. The van der Waals surface area contributed by atoms with Crippen LogP contribution in [0.25, 0.3) is 88.0 Å². The van der Waals surface area contributed by atoms with Crippen molar-refractivity contribution in [1.82, 2.24) is 0 Å². The van der Waals surface area contributed by atoms with Gasteiger partial charge in [-0.1, -0.05) is 121 Å². The van der Waals surface area contributed by atoms with E-state index in [4.69, 9.17) is 0 Å². The molecule has 0 radical (unpaired) electrons. The van der Waals surface area contributed by atoms with Crippen molar-refractivity contribution in [3.8, 4) is 84.4 Å². The quantitative estimate of drug-likeness (QED) is 0.0873. The third-order valence-electron chi connectivity index (χ3n) is 15.3. The van der Waals surface area contributed by atoms with Crippen LogP contribution in [0.5, 0.6) is 28.7 Å². The van der Waals surface area contributed by atoms with Gasteiger partial charge in [0.2, 0.25) is 0 Å². The van der Waals surface area contributed by atoms with Gasteiger partial charge in [0.1, 0.15) is 40.4 Å². The van der Waals surface area contributed by atoms with Crippen molar-refractivity contribution in [3.05, 3.63) is 297 Å². The fourth-order valence-electron chi connectivity index (χ4n) is 10.9. The van der Waals surface area contributed by atoms with Gasteiger partial charge in [-0.25, -0.2) is 8.78 Å². The van der Waals surface area contributed by atoms with Gasteiger partial charge >= 0.3 is 12.4 Å². The molecule has 13 rings (SSSR count). The summed E-state index contributed by atoms with van der Waals surface area (Å²) in [5.41, 5.74) is 7.93. The molecule has 0 aliphatic heterocycles. The molecule has 18 heteroatoms. The third-order valence-corrected chi connectivity index (χ3v) is 18.3. The Morgan fingerprint density at radius 1 is 0.268 bits per heavy atom. The predicted molar refractivity (Wildman–Crippen MR) is 392 cm³/mol. The minimum Gasteiger partial charge on any atom is -0.506 e. The second-order valence-corrected chi connectivity index (χ2v) is 27.0. The zero-order valence-electron chi connectivity index (χ0n) is 52.0. The lowest BCUT2D eigenvalue weighted by molar-refractivity contribution is -0.143. The first kappa shape index (κ1) is 72.7. The maximum Gasteiger partial charge on any atom is 0.416 e. The van der Waals surface area contributed by atoms with Gasteiger partial charge in [-0.05, 0) is 294 Å². The van der Waals surface area contributed by atoms with Gasteiger partial charge in [-0.15, -0.1) is 0 Å². The van der Waals surface area contributed by atoms with E-state index in [0.717, 1.165) is 91.3 Å². The average molecular weight is 1640 g/mol. The Balaban J connectivity index is 0.000000143. The fraction of sp³-hybridized carbons (Fsp3) is 0.0886. The highest BCUT2D eigenvalue weighted by atomic mass is 79.9. The van der Waals surface area contributed by atoms with E-state index in [-0.39, 0.29) is 33.2 Å². The fourth-order valence-corrected chi connectivity index (χ4v) is 13.8. The lowest BCUT2D eigenvalue weighted by Crippen LogP contribution is -2.11. The van der Waals surface area contributed by atoms with Gasteiger partial charge in [0, 0.05) is 39.4 Å². The highest BCUT2D eigenvalue weighted by molar-refractivity contribution is 9.11. The summed E-state index contributed by atoms with van der Waals surface area (Å²) in [5, 5.41) is 57.7. The standard InChI is InChI=1S/C21H15BrO.C17H13BrO.C15H9BrF6O.C13H9BrF2O.C13H11BrO/c1-13-10-18(21(23)19(22)11-13)20-16-8-4-2-6-14(16)12-15-7-3-5-9-17(15)20;1-11-9-15(17(19)16(18)10-11)14-8-4-6-12-5-2-3-7-13(12)14;1-7-2-11(13(23)12(16)3-7)8-4-9(14(17,18)19)6-10(5-8)15(20,21)22;1-7-2-11(13(17)12(14)3-7)8-4-9(15)6-10(16)5-8;1-9-7-11(13(15)12(14)8-9)10-5-3-2-4-6-10/h2-12,23H,1H3;2-10,19H,1H3;2-6,23H,1H3;2-6,17H,1H3;2-8,15H,1H3. The number of aryl methyl sites for hydroxylation is 5. The molecule has 0 fully saturated rings. The molecule has 13 aromatic carbocycles. The third kappa shape index (κ3) is 17.6. The van der Waals surface area contributed by atoms with E-state index in [0.29, 0.717) is 44.8 Å². The monoisotopic (exact) mass is 1630 g/mol. The van der Waals surface area contributed by atoms with Crippen LogP contribution in [0.3, 0.4) is 0 Å². The minimum absolute atomic E-state index is 0.0272. The molecule has 0 aliphatic rings. The van der Waals surface area contributed by atoms with Crippen molar-refractivity contribution < 1.29 is 60.7 Å². The van der Waals surface area contributed by atoms with Crippen LogP contribution in [0.4, 0.5) is 35.1 Å². The van der Waals surface area contributed by atoms with E-state index in [1.165, 1.54) is 40.4 Å². The summed E-state index contributed by atoms with van der Waals surface area (Å²) in [6.45, 7) is 9.52. The Bertz CT molecular complexity index is 4970. The summed E-state index contributed by atoms with van der Waals surface area (Å²) in [4.78, 5) is 0. The molecule has 0 saturated heterocycles. The number of aromatic hydroxyl groups is 5. The van der Waals surface area contributed by atoms with Gasteiger partial charge in [0.05, 0.1) is 33.5 Å². The second-order valence-electron chi connectivity index (χ2n) is 22.8. The lowest BCUT2D eigenvalue weighted by Gasteiger charge is -2.15. The van der Waals surface area contributed by atoms with Crippen LogP contribution in [0.1, 0.15) is 38.9 Å². The van der Waals surface area contributed by atoms with Gasteiger partial charge in [0.15, 0.2) is 0 Å². The minimum atomic E-state index is -4.94. The summed E-state index contributed by atoms with van der Waals surface area (Å²) in [7, 11) is 0. The topological polar surface area (TPSA) is 101 Å². The van der Waals surface area contributed by atoms with Gasteiger partial charge in [-0.2, -0.15) is 26.3 Å². The molecule has 0 unspecified atom stereocenters. The van der Waals surface area contributed by atoms with Gasteiger partial charge in [0.25, 0.3) is 0 Å². The van der Waals surface area contributed by atoms with Crippen LogP contribution in [-0.2, 0) is 12.4 Å². The van der Waals surface area contributed by atoms with E-state index in [1.54, 1.807) is 19.1 Å². The first-order valence-electron chi connectivity index (χ1n) is 29.5. The Kier molecular flexibility index (Phi) is 23.2. The highest BCUT2D eigenvalue weighted by Gasteiger charge is 2.37. The zero-order valence-corrected chi connectivity index (χ0v) is 59.9. The van der Waals surface area contributed by atoms with Crippen molar-refractivity contribution >= 4 is 112 Å². The normalized spacial score (nSPS) is 11.2. The molecule has 0 atom stereocenters. The maximum atomic E-state index is 13.1. The molecule has 0 spiro atoms. The first-order chi connectivity index (χ1) is 45.9. The Morgan fingerprint density at radius 2 is 0.588 bits per heavy atom. The van der Waals surface area contributed by atoms with E-state index in [2.05, 4.69) is 128 Å². The number of phenolic OH excluding ortho intramolecular Hbond substituents is 5. The van der Waals surface area contributed by atoms with E-state index in [9.17, 15) is 60.7 Å². The average Bonchev–Trinajstić information content (AvgIpc) is 0.779. The largest absolute Gasteiger partial charge is 0.506 e. The van der Waals surface area contributed by atoms with Crippen LogP contribution in [-0.4, -0.2) is 25.5 Å². The zero-order chi connectivity index (χ0) is 70.4. The molecule has 5 nitrogen and oxygen atoms in total. The SMILES string of the molecule is Cc1cc(Br)c(O)c(-c2c3ccccc3cc3ccccc23)c1.Cc1cc(Br)c(O)c(-c2cc(C(F)(F)F)cc(C(F)(F)F)c2)c1.Cc1cc(Br)c(O)c(-c2cc(F)cc(F)c2)c1.Cc1cc(Br)c(O)c(-c2cccc3ccccc23)c1.Cc1cc(Br)c(O)c(-c2ccccc2)c1. The van der Waals surface area contributed by atoms with Crippen molar-refractivity contribution in [2.75, 3.05) is 0 Å². The lowest BCUT2D eigenvalue weighted by atomic mass is 9.91. The number of phenols is 5. The van der Waals surface area contributed by atoms with Crippen LogP contribution in [0.15, 0.2) is 247 Å². The molecule has 13 aromatic rings. The van der Waals surface area contributed by atoms with E-state index in [1.807, 2.05) is 143 Å². The first-order valence-corrected chi connectivity index (χ1v) is 33.5. The second kappa shape index (κ2) is 30.9. The smallest absolute Gasteiger partial charge is 0.416 e. The molecular formula is C79H57Br5F8O5. The van der Waals surface area contributed by atoms with Crippen molar-refractivity contribution in [2.24, 2.45) is 0 Å². The predicted octanol–water partition coefficient (Wildman–Crippen LogP) is 26.4. The molecule has 0 amide bonds. The molecule has 97 heavy (non-hydrogen) atoms. The maximum absolute atomic E-state index is 13.1. The van der Waals surface area contributed by atoms with Crippen molar-refractivity contribution in [2.45, 2.75) is 47.0 Å². The number of fused-ring (bicyclic) bond motifs is 3. The van der Waals surface area contributed by atoms with Crippen LogP contribution >= 0.6 is 79.6 Å². The van der Waals surface area contributed by atoms with Gasteiger partial charge < -0.3 is 25.5 Å². The van der Waals surface area contributed by atoms with Gasteiger partial charge in [-0.3, -0.25) is 0 Å². The summed E-state index contributed by atoms with van der Waals surface area (Å²) in [6, 6.07) is 65.5. The van der Waals surface area contributed by atoms with E-state index >= 15 is 0 Å². The molecule has 5 N–H and O–H groups in total. The number of benzene rings is 13. The van der Waals surface area contributed by atoms with Crippen molar-refractivity contribution in [3.63, 3.8) is 0 Å². The number of halogens is 13. The van der Waals surface area contributed by atoms with Crippen LogP contribution < -0.4 is 0 Å². The molecule has 0 bridgehead atoms. The molecule has 0 aliphatic carbocycles. The van der Waals surface area contributed by atoms with Crippen LogP contribution in [0.2, 0.25) is 0 Å². The summed E-state index contributed by atoms with van der Waals surface area (Å²) in [6.07, 6.45) is -9.88. The summed E-state index contributed by atoms with van der Waals surface area (Å²) >= 11 is 16.4. The number of hydrogen-bond donors (Lipinski definition) is 5. The highest BCUT2D eigenvalue weighted by Crippen LogP contribution is 2.47. The number of alkyl halides is 6. The molecular weight excluding hydrogens is 1580 g/mol. The van der Waals surface area contributed by atoms with E-state index < -0.39 is 40.9 Å². The Labute approximate surface area is 596 Å². The van der Waals surface area contributed by atoms with Crippen molar-refractivity contribution in [1.29, 1.82) is 0 Å². The Hall–Kier alpha value is -8.52. The number of hydrogen-bond acceptors (Lipinski definition) is 5. The molecule has 0 heterocycles. The number of rotatable bonds is 5. The Morgan fingerprint density at radius 3 is 1.01 bits per heavy atom. The van der Waals surface area contributed by atoms with Crippen LogP contribution in [0, 0.1) is 46.3 Å². The molecule has 0 aromatic heterocycles.